The molecule has 0 bridgehead atoms. The van der Waals surface area contributed by atoms with E-state index in [1.54, 1.807) is 0 Å². The number of ether oxygens (including phenoxy) is 1. The topological polar surface area (TPSA) is 38.3 Å². The monoisotopic (exact) mass is 281 g/mol. The number of carbonyl (C=O) groups excluding carboxylic acids is 1. The lowest BCUT2D eigenvalue weighted by Gasteiger charge is -2.32. The van der Waals surface area contributed by atoms with Crippen molar-refractivity contribution < 1.29 is 9.53 Å². The smallest absolute Gasteiger partial charge is 0.228 e. The van der Waals surface area contributed by atoms with Gasteiger partial charge in [0.25, 0.3) is 0 Å². The summed E-state index contributed by atoms with van der Waals surface area (Å²) >= 11 is 6.11. The summed E-state index contributed by atoms with van der Waals surface area (Å²) in [4.78, 5) is 12.5. The van der Waals surface area contributed by atoms with Gasteiger partial charge in [0.1, 0.15) is 5.75 Å². The molecule has 0 aliphatic carbocycles. The molecule has 1 aliphatic heterocycles. The third kappa shape index (κ3) is 3.03. The number of rotatable bonds is 3. The second-order valence-corrected chi connectivity index (χ2v) is 6.21. The molecule has 19 heavy (non-hydrogen) atoms. The predicted octanol–water partition coefficient (Wildman–Crippen LogP) is 3.07. The Morgan fingerprint density at radius 3 is 2.84 bits per heavy atom. The molecule has 0 fully saturated rings. The number of nitrogens with one attached hydrogen (secondary N) is 1. The first-order chi connectivity index (χ1) is 8.92. The van der Waals surface area contributed by atoms with Crippen molar-refractivity contribution in [1.82, 2.24) is 5.32 Å². The van der Waals surface area contributed by atoms with Crippen molar-refractivity contribution in [2.75, 3.05) is 6.61 Å². The van der Waals surface area contributed by atoms with E-state index >= 15 is 0 Å². The van der Waals surface area contributed by atoms with Gasteiger partial charge in [-0.2, -0.15) is 0 Å². The van der Waals surface area contributed by atoms with E-state index in [1.165, 1.54) is 0 Å². The van der Waals surface area contributed by atoms with Gasteiger partial charge in [0.05, 0.1) is 23.4 Å². The van der Waals surface area contributed by atoms with Gasteiger partial charge in [-0.25, -0.2) is 0 Å². The summed E-state index contributed by atoms with van der Waals surface area (Å²) < 4.78 is 5.58. The molecule has 1 aliphatic rings. The van der Waals surface area contributed by atoms with Crippen LogP contribution in [0.15, 0.2) is 24.3 Å². The summed E-state index contributed by atoms with van der Waals surface area (Å²) in [6.45, 7) is 6.34. The fraction of sp³-hybridized carbons (Fsp3) is 0.533. The average molecular weight is 282 g/mol. The average Bonchev–Trinajstić information content (AvgIpc) is 2.37. The van der Waals surface area contributed by atoms with Gasteiger partial charge in [0.15, 0.2) is 0 Å². The van der Waals surface area contributed by atoms with E-state index in [9.17, 15) is 4.79 Å². The first-order valence-electron chi connectivity index (χ1n) is 6.59. The van der Waals surface area contributed by atoms with Crippen LogP contribution in [0.25, 0.3) is 0 Å². The quantitative estimate of drug-likeness (QED) is 0.865. The van der Waals surface area contributed by atoms with E-state index in [-0.39, 0.29) is 17.2 Å². The largest absolute Gasteiger partial charge is 0.493 e. The third-order valence-corrected chi connectivity index (χ3v) is 4.26. The first kappa shape index (κ1) is 14.2. The maximum Gasteiger partial charge on any atom is 0.228 e. The van der Waals surface area contributed by atoms with Crippen molar-refractivity contribution in [3.05, 3.63) is 29.8 Å². The highest BCUT2D eigenvalue weighted by Crippen LogP contribution is 2.34. The first-order valence-corrected chi connectivity index (χ1v) is 7.03. The number of fused-ring (bicyclic) bond motifs is 1. The Morgan fingerprint density at radius 2 is 2.16 bits per heavy atom. The van der Waals surface area contributed by atoms with Gasteiger partial charge < -0.3 is 10.1 Å². The molecule has 3 nitrogen and oxygen atoms in total. The number of benzene rings is 1. The number of carbonyl (C=O) groups is 1. The zero-order valence-corrected chi connectivity index (χ0v) is 12.3. The van der Waals surface area contributed by atoms with Crippen molar-refractivity contribution >= 4 is 17.5 Å². The van der Waals surface area contributed by atoms with Crippen LogP contribution in [0.4, 0.5) is 0 Å². The molecular formula is C15H20ClNO2. The molecule has 2 rings (SSSR count). The molecule has 0 spiro atoms. The highest BCUT2D eigenvalue weighted by molar-refractivity contribution is 6.21. The second-order valence-electron chi connectivity index (χ2n) is 5.55. The lowest BCUT2D eigenvalue weighted by Crippen LogP contribution is -2.51. The van der Waals surface area contributed by atoms with Crippen LogP contribution in [0.1, 0.15) is 38.7 Å². The molecule has 0 aromatic heterocycles. The number of halogens is 1. The summed E-state index contributed by atoms with van der Waals surface area (Å²) in [7, 11) is 0. The zero-order valence-electron chi connectivity index (χ0n) is 11.6. The number of alkyl halides is 1. The van der Waals surface area contributed by atoms with Crippen LogP contribution in [0, 0.1) is 0 Å². The Balaban J connectivity index is 2.18. The van der Waals surface area contributed by atoms with Crippen LogP contribution in [0.5, 0.6) is 5.75 Å². The molecule has 0 saturated carbocycles. The molecule has 2 atom stereocenters. The summed E-state index contributed by atoms with van der Waals surface area (Å²) in [5.41, 5.74) is 0.538. The Morgan fingerprint density at radius 1 is 1.47 bits per heavy atom. The lowest BCUT2D eigenvalue weighted by molar-refractivity contribution is -0.124. The molecular weight excluding hydrogens is 262 g/mol. The zero-order chi connectivity index (χ0) is 14.0. The van der Waals surface area contributed by atoms with E-state index in [0.717, 1.165) is 11.3 Å². The van der Waals surface area contributed by atoms with E-state index in [4.69, 9.17) is 16.3 Å². The molecule has 0 saturated heterocycles. The highest BCUT2D eigenvalue weighted by atomic mass is 35.5. The molecule has 2 unspecified atom stereocenters. The van der Waals surface area contributed by atoms with Gasteiger partial charge >= 0.3 is 0 Å². The molecule has 1 N–H and O–H groups in total. The van der Waals surface area contributed by atoms with Crippen LogP contribution in [0.3, 0.4) is 0 Å². The van der Waals surface area contributed by atoms with E-state index in [1.807, 2.05) is 45.0 Å². The van der Waals surface area contributed by atoms with Gasteiger partial charge in [0.2, 0.25) is 5.91 Å². The minimum absolute atomic E-state index is 0.0215. The molecule has 1 aromatic carbocycles. The minimum Gasteiger partial charge on any atom is -0.493 e. The van der Waals surface area contributed by atoms with Crippen molar-refractivity contribution in [1.29, 1.82) is 0 Å². The van der Waals surface area contributed by atoms with Crippen LogP contribution in [0.2, 0.25) is 0 Å². The van der Waals surface area contributed by atoms with Crippen molar-refractivity contribution in [2.24, 2.45) is 0 Å². The molecule has 4 heteroatoms. The van der Waals surface area contributed by atoms with Gasteiger partial charge in [-0.05, 0) is 33.3 Å². The predicted molar refractivity (Wildman–Crippen MR) is 76.8 cm³/mol. The Labute approximate surface area is 119 Å². The Kier molecular flexibility index (Phi) is 4.04. The highest BCUT2D eigenvalue weighted by Gasteiger charge is 2.32. The molecule has 104 valence electrons. The number of para-hydroxylation sites is 1. The fourth-order valence-corrected chi connectivity index (χ4v) is 2.17. The minimum atomic E-state index is -0.425. The summed E-state index contributed by atoms with van der Waals surface area (Å²) in [5.74, 6) is 0.679. The van der Waals surface area contributed by atoms with Crippen molar-refractivity contribution in [3.8, 4) is 5.75 Å². The number of hydrogen-bond donors (Lipinski definition) is 1. The Bertz CT molecular complexity index is 471. The maximum absolute atomic E-state index is 12.5. The Hall–Kier alpha value is -1.22. The van der Waals surface area contributed by atoms with Gasteiger partial charge in [-0.15, -0.1) is 11.6 Å². The van der Waals surface area contributed by atoms with E-state index in [0.29, 0.717) is 13.0 Å². The van der Waals surface area contributed by atoms with Crippen LogP contribution >= 0.6 is 11.6 Å². The molecule has 0 radical (unpaired) electrons. The van der Waals surface area contributed by atoms with Crippen molar-refractivity contribution in [3.63, 3.8) is 0 Å². The van der Waals surface area contributed by atoms with Gasteiger partial charge in [-0.1, -0.05) is 18.2 Å². The van der Waals surface area contributed by atoms with Gasteiger partial charge in [-0.3, -0.25) is 4.79 Å². The summed E-state index contributed by atoms with van der Waals surface area (Å²) in [6, 6.07) is 7.72. The SMILES string of the molecule is CC(Cl)C(C)(C)NC(=O)C1CCOc2ccccc21. The van der Waals surface area contributed by atoms with Crippen LogP contribution < -0.4 is 10.1 Å². The molecule has 1 aromatic rings. The normalized spacial score (nSPS) is 20.1. The molecule has 1 heterocycles. The lowest BCUT2D eigenvalue weighted by atomic mass is 9.90. The van der Waals surface area contributed by atoms with E-state index < -0.39 is 5.54 Å². The van der Waals surface area contributed by atoms with Crippen LogP contribution in [-0.4, -0.2) is 23.4 Å². The number of amides is 1. The summed E-state index contributed by atoms with van der Waals surface area (Å²) in [5, 5.41) is 2.91. The summed E-state index contributed by atoms with van der Waals surface area (Å²) in [6.07, 6.45) is 0.704. The van der Waals surface area contributed by atoms with E-state index in [2.05, 4.69) is 5.32 Å². The standard InChI is InChI=1S/C15H20ClNO2/c1-10(16)15(2,3)17-14(18)12-8-9-19-13-7-5-4-6-11(12)13/h4-7,10,12H,8-9H2,1-3H3,(H,17,18). The fourth-order valence-electron chi connectivity index (χ4n) is 2.12. The third-order valence-electron chi connectivity index (χ3n) is 3.71. The maximum atomic E-state index is 12.5. The van der Waals surface area contributed by atoms with Gasteiger partial charge in [0, 0.05) is 5.56 Å². The second kappa shape index (κ2) is 5.41. The molecule has 1 amide bonds. The number of hydrogen-bond acceptors (Lipinski definition) is 2. The van der Waals surface area contributed by atoms with Crippen molar-refractivity contribution in [2.45, 2.75) is 44.0 Å². The van der Waals surface area contributed by atoms with Crippen LogP contribution in [-0.2, 0) is 4.79 Å².